The molecule has 0 aliphatic carbocycles. The first kappa shape index (κ1) is 16.2. The van der Waals surface area contributed by atoms with E-state index in [-0.39, 0.29) is 5.91 Å². The minimum atomic E-state index is -0.121. The van der Waals surface area contributed by atoms with E-state index in [1.54, 1.807) is 13.3 Å². The maximum atomic E-state index is 11.2. The molecule has 0 fully saturated rings. The second-order valence-electron chi connectivity index (χ2n) is 5.53. The van der Waals surface area contributed by atoms with Crippen molar-refractivity contribution in [2.75, 3.05) is 31.4 Å². The molecule has 0 radical (unpaired) electrons. The first-order chi connectivity index (χ1) is 11.5. The molecule has 124 valence electrons. The molecule has 1 aromatic carbocycles. The van der Waals surface area contributed by atoms with Gasteiger partial charge in [0, 0.05) is 32.8 Å². The molecular formula is C17H18N4O2S. The Morgan fingerprint density at radius 3 is 2.71 bits per heavy atom. The van der Waals surface area contributed by atoms with Crippen molar-refractivity contribution < 1.29 is 9.53 Å². The number of carbonyl (C=O) groups is 1. The monoisotopic (exact) mass is 342 g/mol. The molecule has 1 N–H and O–H groups in total. The van der Waals surface area contributed by atoms with Crippen LogP contribution in [0.4, 0.5) is 10.8 Å². The number of ether oxygens (including phenoxy) is 1. The van der Waals surface area contributed by atoms with Crippen molar-refractivity contribution in [2.24, 2.45) is 0 Å². The lowest BCUT2D eigenvalue weighted by atomic mass is 10.1. The van der Waals surface area contributed by atoms with Crippen LogP contribution in [0.15, 0.2) is 30.5 Å². The van der Waals surface area contributed by atoms with Gasteiger partial charge in [-0.05, 0) is 23.8 Å². The highest BCUT2D eigenvalue weighted by Crippen LogP contribution is 2.33. The Labute approximate surface area is 144 Å². The Bertz CT molecular complexity index is 905. The second-order valence-corrected chi connectivity index (χ2v) is 6.56. The minimum Gasteiger partial charge on any atom is -0.480 e. The highest BCUT2D eigenvalue weighted by atomic mass is 32.1. The summed E-state index contributed by atoms with van der Waals surface area (Å²) in [7, 11) is 5.52. The summed E-state index contributed by atoms with van der Waals surface area (Å²) < 4.78 is 6.32. The van der Waals surface area contributed by atoms with Crippen molar-refractivity contribution in [2.45, 2.75) is 6.92 Å². The number of fused-ring (bicyclic) bond motifs is 1. The molecule has 0 spiro atoms. The van der Waals surface area contributed by atoms with Crippen molar-refractivity contribution >= 4 is 38.3 Å². The van der Waals surface area contributed by atoms with Gasteiger partial charge in [0.1, 0.15) is 0 Å². The molecule has 2 aromatic heterocycles. The molecule has 0 saturated carbocycles. The van der Waals surface area contributed by atoms with E-state index in [1.807, 2.05) is 37.2 Å². The summed E-state index contributed by atoms with van der Waals surface area (Å²) in [5, 5.41) is 3.33. The number of pyridine rings is 1. The van der Waals surface area contributed by atoms with Gasteiger partial charge < -0.3 is 15.0 Å². The number of amides is 1. The first-order valence-electron chi connectivity index (χ1n) is 7.38. The molecule has 2 heterocycles. The quantitative estimate of drug-likeness (QED) is 0.787. The molecule has 0 aliphatic heterocycles. The Balaban J connectivity index is 2.02. The summed E-state index contributed by atoms with van der Waals surface area (Å²) in [5.74, 6) is 0.472. The number of hydrogen-bond donors (Lipinski definition) is 1. The Morgan fingerprint density at radius 1 is 1.25 bits per heavy atom. The van der Waals surface area contributed by atoms with Gasteiger partial charge in [0.05, 0.1) is 23.0 Å². The summed E-state index contributed by atoms with van der Waals surface area (Å²) >= 11 is 1.45. The van der Waals surface area contributed by atoms with Crippen molar-refractivity contribution in [3.8, 4) is 17.0 Å². The largest absolute Gasteiger partial charge is 0.480 e. The van der Waals surface area contributed by atoms with Crippen LogP contribution in [0.5, 0.6) is 5.88 Å². The Hall–Kier alpha value is -2.67. The summed E-state index contributed by atoms with van der Waals surface area (Å²) in [6.45, 7) is 1.48. The second kappa shape index (κ2) is 6.45. The van der Waals surface area contributed by atoms with E-state index in [0.29, 0.717) is 11.0 Å². The van der Waals surface area contributed by atoms with Crippen LogP contribution in [-0.2, 0) is 4.79 Å². The topological polar surface area (TPSA) is 67.4 Å². The zero-order valence-electron chi connectivity index (χ0n) is 14.0. The zero-order valence-corrected chi connectivity index (χ0v) is 14.8. The predicted octanol–water partition coefficient (Wildman–Crippen LogP) is 3.39. The first-order valence-corrected chi connectivity index (χ1v) is 8.19. The van der Waals surface area contributed by atoms with Crippen molar-refractivity contribution in [1.29, 1.82) is 0 Å². The number of methoxy groups -OCH3 is 1. The number of nitrogens with one attached hydrogen (secondary N) is 1. The van der Waals surface area contributed by atoms with Gasteiger partial charge in [-0.15, -0.1) is 0 Å². The highest BCUT2D eigenvalue weighted by molar-refractivity contribution is 7.22. The standard InChI is InChI=1S/C17H18N4O2S/c1-10(22)19-17-20-13-6-5-11(8-15(13)24-17)12-7-14(21(2)3)16(23-4)18-9-12/h5-9H,1-4H3,(H,19,20,22). The molecule has 6 nitrogen and oxygen atoms in total. The molecule has 3 aromatic rings. The van der Waals surface area contributed by atoms with Gasteiger partial charge in [-0.1, -0.05) is 17.4 Å². The van der Waals surface area contributed by atoms with E-state index in [9.17, 15) is 4.79 Å². The van der Waals surface area contributed by atoms with Gasteiger partial charge in [0.25, 0.3) is 0 Å². The lowest BCUT2D eigenvalue weighted by Crippen LogP contribution is -2.11. The van der Waals surface area contributed by atoms with E-state index in [2.05, 4.69) is 21.4 Å². The molecule has 1 amide bonds. The maximum Gasteiger partial charge on any atom is 0.237 e. The van der Waals surface area contributed by atoms with Crippen molar-refractivity contribution in [3.63, 3.8) is 0 Å². The van der Waals surface area contributed by atoms with Gasteiger partial charge in [-0.2, -0.15) is 0 Å². The lowest BCUT2D eigenvalue weighted by molar-refractivity contribution is -0.114. The van der Waals surface area contributed by atoms with Crippen LogP contribution in [0.25, 0.3) is 21.3 Å². The summed E-state index contributed by atoms with van der Waals surface area (Å²) in [6.07, 6.45) is 1.79. The fourth-order valence-corrected chi connectivity index (χ4v) is 3.34. The van der Waals surface area contributed by atoms with Crippen molar-refractivity contribution in [3.05, 3.63) is 30.5 Å². The third-order valence-electron chi connectivity index (χ3n) is 3.51. The lowest BCUT2D eigenvalue weighted by Gasteiger charge is -2.16. The number of benzene rings is 1. The fourth-order valence-electron chi connectivity index (χ4n) is 2.38. The summed E-state index contributed by atoms with van der Waals surface area (Å²) in [6, 6.07) is 8.05. The fraction of sp³-hybridized carbons (Fsp3) is 0.235. The number of hydrogen-bond acceptors (Lipinski definition) is 6. The number of nitrogens with zero attached hydrogens (tertiary/aromatic N) is 3. The molecule has 0 atom stereocenters. The van der Waals surface area contributed by atoms with Gasteiger partial charge in [0.2, 0.25) is 11.8 Å². The zero-order chi connectivity index (χ0) is 17.3. The molecule has 7 heteroatoms. The van der Waals surface area contributed by atoms with Gasteiger partial charge >= 0.3 is 0 Å². The molecule has 0 unspecified atom stereocenters. The Morgan fingerprint density at radius 2 is 2.04 bits per heavy atom. The molecule has 0 saturated heterocycles. The van der Waals surface area contributed by atoms with Gasteiger partial charge in [-0.3, -0.25) is 4.79 Å². The Kier molecular flexibility index (Phi) is 4.35. The molecule has 3 rings (SSSR count). The van der Waals surface area contributed by atoms with E-state index in [1.165, 1.54) is 18.3 Å². The third kappa shape index (κ3) is 3.16. The number of anilines is 2. The van der Waals surface area contributed by atoms with Crippen LogP contribution in [0.1, 0.15) is 6.92 Å². The molecular weight excluding hydrogens is 324 g/mol. The average Bonchev–Trinajstić information content (AvgIpc) is 2.94. The number of carbonyl (C=O) groups excluding carboxylic acids is 1. The van der Waals surface area contributed by atoms with Crippen LogP contribution in [-0.4, -0.2) is 37.1 Å². The molecule has 24 heavy (non-hydrogen) atoms. The minimum absolute atomic E-state index is 0.121. The van der Waals surface area contributed by atoms with Crippen molar-refractivity contribution in [1.82, 2.24) is 9.97 Å². The van der Waals surface area contributed by atoms with Crippen LogP contribution < -0.4 is 15.0 Å². The van der Waals surface area contributed by atoms with Crippen LogP contribution >= 0.6 is 11.3 Å². The van der Waals surface area contributed by atoms with Crippen LogP contribution in [0.3, 0.4) is 0 Å². The van der Waals surface area contributed by atoms with E-state index in [4.69, 9.17) is 4.74 Å². The number of rotatable bonds is 4. The summed E-state index contributed by atoms with van der Waals surface area (Å²) in [5.41, 5.74) is 3.81. The molecule has 0 bridgehead atoms. The molecule has 0 aliphatic rings. The van der Waals surface area contributed by atoms with E-state index < -0.39 is 0 Å². The maximum absolute atomic E-state index is 11.2. The van der Waals surface area contributed by atoms with E-state index in [0.717, 1.165) is 27.0 Å². The predicted molar refractivity (Wildman–Crippen MR) is 98.0 cm³/mol. The SMILES string of the molecule is COc1ncc(-c2ccc3nc(NC(C)=O)sc3c2)cc1N(C)C. The van der Waals surface area contributed by atoms with Gasteiger partial charge in [0.15, 0.2) is 5.13 Å². The number of thiazole rings is 1. The normalized spacial score (nSPS) is 10.7. The average molecular weight is 342 g/mol. The van der Waals surface area contributed by atoms with Crippen LogP contribution in [0, 0.1) is 0 Å². The smallest absolute Gasteiger partial charge is 0.237 e. The van der Waals surface area contributed by atoms with E-state index >= 15 is 0 Å². The number of aromatic nitrogens is 2. The van der Waals surface area contributed by atoms with Crippen LogP contribution in [0.2, 0.25) is 0 Å². The summed E-state index contributed by atoms with van der Waals surface area (Å²) in [4.78, 5) is 21.9. The highest BCUT2D eigenvalue weighted by Gasteiger charge is 2.11. The van der Waals surface area contributed by atoms with Gasteiger partial charge in [-0.25, -0.2) is 9.97 Å². The third-order valence-corrected chi connectivity index (χ3v) is 4.45.